The molecule has 1 N–H and O–H groups in total. The van der Waals surface area contributed by atoms with Crippen LogP contribution in [-0.4, -0.2) is 31.6 Å². The maximum absolute atomic E-state index is 10.5. The second-order valence-electron chi connectivity index (χ2n) is 3.86. The van der Waals surface area contributed by atoms with Gasteiger partial charge in [-0.3, -0.25) is 4.79 Å². The first kappa shape index (κ1) is 12.6. The number of rotatable bonds is 4. The first-order chi connectivity index (χ1) is 8.59. The van der Waals surface area contributed by atoms with E-state index in [1.165, 1.54) is 11.8 Å². The van der Waals surface area contributed by atoms with Crippen molar-refractivity contribution in [1.29, 1.82) is 0 Å². The molecule has 18 heavy (non-hydrogen) atoms. The molecule has 1 heterocycles. The number of carboxylic acids is 1. The Bertz CT molecular complexity index is 580. The first-order valence-corrected chi connectivity index (χ1v) is 6.38. The topological polar surface area (TPSA) is 68.0 Å². The number of carboxylic acid groups (broad SMARTS) is 1. The molecule has 94 valence electrons. The predicted molar refractivity (Wildman–Crippen MR) is 69.5 cm³/mol. The van der Waals surface area contributed by atoms with Crippen molar-refractivity contribution in [3.63, 3.8) is 0 Å². The Morgan fingerprint density at radius 1 is 1.39 bits per heavy atom. The van der Waals surface area contributed by atoms with Crippen LogP contribution in [0.25, 0.3) is 11.4 Å². The lowest BCUT2D eigenvalue weighted by atomic mass is 10.1. The maximum Gasteiger partial charge on any atom is 0.313 e. The van der Waals surface area contributed by atoms with Gasteiger partial charge in [0.2, 0.25) is 0 Å². The summed E-state index contributed by atoms with van der Waals surface area (Å²) in [4.78, 5) is 10.5. The highest BCUT2D eigenvalue weighted by Gasteiger charge is 2.13. The minimum Gasteiger partial charge on any atom is -0.481 e. The molecular weight excluding hydrogens is 250 g/mol. The molecule has 6 heteroatoms. The molecule has 1 aromatic heterocycles. The van der Waals surface area contributed by atoms with Crippen LogP contribution in [0.5, 0.6) is 0 Å². The zero-order valence-electron chi connectivity index (χ0n) is 10.1. The lowest BCUT2D eigenvalue weighted by Crippen LogP contribution is -2.01. The fourth-order valence-corrected chi connectivity index (χ4v) is 2.26. The Hall–Kier alpha value is -1.82. The average molecular weight is 263 g/mol. The Morgan fingerprint density at radius 3 is 2.78 bits per heavy atom. The number of thioether (sulfide) groups is 1. The van der Waals surface area contributed by atoms with Gasteiger partial charge in [-0.15, -0.1) is 10.2 Å². The Kier molecular flexibility index (Phi) is 3.66. The summed E-state index contributed by atoms with van der Waals surface area (Å²) in [6.07, 6.45) is 0. The van der Waals surface area contributed by atoms with Gasteiger partial charge in [0.1, 0.15) is 0 Å². The second kappa shape index (κ2) is 5.22. The van der Waals surface area contributed by atoms with Crippen LogP contribution in [0.4, 0.5) is 0 Å². The van der Waals surface area contributed by atoms with Crippen molar-refractivity contribution in [3.05, 3.63) is 29.8 Å². The number of benzene rings is 1. The van der Waals surface area contributed by atoms with Gasteiger partial charge in [-0.2, -0.15) is 0 Å². The smallest absolute Gasteiger partial charge is 0.313 e. The van der Waals surface area contributed by atoms with E-state index in [0.717, 1.165) is 17.0 Å². The molecule has 1 aromatic carbocycles. The third-order valence-electron chi connectivity index (χ3n) is 2.55. The monoisotopic (exact) mass is 263 g/mol. The first-order valence-electron chi connectivity index (χ1n) is 5.39. The molecule has 0 unspecified atom stereocenters. The van der Waals surface area contributed by atoms with Crippen molar-refractivity contribution in [2.45, 2.75) is 12.1 Å². The predicted octanol–water partition coefficient (Wildman–Crippen LogP) is 1.97. The summed E-state index contributed by atoms with van der Waals surface area (Å²) in [5.41, 5.74) is 2.12. The molecule has 5 nitrogen and oxygen atoms in total. The largest absolute Gasteiger partial charge is 0.481 e. The van der Waals surface area contributed by atoms with E-state index >= 15 is 0 Å². The number of nitrogens with zero attached hydrogens (tertiary/aromatic N) is 3. The fraction of sp³-hybridized carbons (Fsp3) is 0.250. The van der Waals surface area contributed by atoms with Gasteiger partial charge in [0.05, 0.1) is 5.75 Å². The summed E-state index contributed by atoms with van der Waals surface area (Å²) < 4.78 is 1.82. The van der Waals surface area contributed by atoms with Gasteiger partial charge in [-0.05, 0) is 12.5 Å². The number of aliphatic carboxylic acids is 1. The molecule has 0 saturated carbocycles. The molecule has 0 aliphatic rings. The van der Waals surface area contributed by atoms with Crippen molar-refractivity contribution >= 4 is 17.7 Å². The van der Waals surface area contributed by atoms with E-state index in [0.29, 0.717) is 5.16 Å². The van der Waals surface area contributed by atoms with Crippen LogP contribution in [0.1, 0.15) is 5.56 Å². The average Bonchev–Trinajstić information content (AvgIpc) is 2.69. The van der Waals surface area contributed by atoms with E-state index in [-0.39, 0.29) is 5.75 Å². The number of hydrogen-bond acceptors (Lipinski definition) is 4. The summed E-state index contributed by atoms with van der Waals surface area (Å²) in [5, 5.41) is 17.4. The van der Waals surface area contributed by atoms with E-state index in [1.807, 2.05) is 42.8 Å². The molecule has 0 fully saturated rings. The van der Waals surface area contributed by atoms with Crippen molar-refractivity contribution in [2.75, 3.05) is 5.75 Å². The van der Waals surface area contributed by atoms with Gasteiger partial charge in [-0.1, -0.05) is 36.0 Å². The highest BCUT2D eigenvalue weighted by atomic mass is 32.2. The molecule has 2 rings (SSSR count). The Balaban J connectivity index is 2.31. The van der Waals surface area contributed by atoms with Crippen LogP contribution in [0, 0.1) is 6.92 Å². The summed E-state index contributed by atoms with van der Waals surface area (Å²) in [6, 6.07) is 7.90. The third kappa shape index (κ3) is 2.53. The normalized spacial score (nSPS) is 10.6. The van der Waals surface area contributed by atoms with Crippen LogP contribution in [0.3, 0.4) is 0 Å². The van der Waals surface area contributed by atoms with Crippen LogP contribution < -0.4 is 0 Å². The Labute approximate surface area is 109 Å². The zero-order chi connectivity index (χ0) is 13.1. The second-order valence-corrected chi connectivity index (χ2v) is 4.81. The Morgan fingerprint density at radius 2 is 2.11 bits per heavy atom. The van der Waals surface area contributed by atoms with E-state index in [2.05, 4.69) is 10.2 Å². The SMILES string of the molecule is Cc1ccccc1-c1nnc(SCC(=O)O)n1C. The molecule has 0 spiro atoms. The molecule has 2 aromatic rings. The highest BCUT2D eigenvalue weighted by Crippen LogP contribution is 2.24. The van der Waals surface area contributed by atoms with Gasteiger partial charge in [-0.25, -0.2) is 0 Å². The summed E-state index contributed by atoms with van der Waals surface area (Å²) >= 11 is 1.17. The standard InChI is InChI=1S/C12H13N3O2S/c1-8-5-3-4-6-9(8)11-13-14-12(15(11)2)18-7-10(16)17/h3-6H,7H2,1-2H3,(H,16,17). The van der Waals surface area contributed by atoms with Crippen LogP contribution in [0.2, 0.25) is 0 Å². The van der Waals surface area contributed by atoms with E-state index in [1.54, 1.807) is 0 Å². The summed E-state index contributed by atoms with van der Waals surface area (Å²) in [7, 11) is 1.84. The van der Waals surface area contributed by atoms with Gasteiger partial charge in [0.25, 0.3) is 0 Å². The van der Waals surface area contributed by atoms with Gasteiger partial charge >= 0.3 is 5.97 Å². The highest BCUT2D eigenvalue weighted by molar-refractivity contribution is 7.99. The van der Waals surface area contributed by atoms with Crippen LogP contribution in [0.15, 0.2) is 29.4 Å². The van der Waals surface area contributed by atoms with E-state index in [9.17, 15) is 4.79 Å². The summed E-state index contributed by atoms with van der Waals surface area (Å²) in [6.45, 7) is 2.01. The summed E-state index contributed by atoms with van der Waals surface area (Å²) in [5.74, 6) is -0.124. The molecule has 0 atom stereocenters. The van der Waals surface area contributed by atoms with Gasteiger partial charge in [0, 0.05) is 12.6 Å². The quantitative estimate of drug-likeness (QED) is 0.854. The van der Waals surface area contributed by atoms with Crippen LogP contribution in [-0.2, 0) is 11.8 Å². The molecule has 0 bridgehead atoms. The van der Waals surface area contributed by atoms with Gasteiger partial charge < -0.3 is 9.67 Å². The lowest BCUT2D eigenvalue weighted by Gasteiger charge is -2.05. The molecule has 0 radical (unpaired) electrons. The van der Waals surface area contributed by atoms with E-state index < -0.39 is 5.97 Å². The number of aryl methyl sites for hydroxylation is 1. The lowest BCUT2D eigenvalue weighted by molar-refractivity contribution is -0.133. The van der Waals surface area contributed by atoms with Crippen molar-refractivity contribution in [2.24, 2.45) is 7.05 Å². The number of aromatic nitrogens is 3. The third-order valence-corrected chi connectivity index (χ3v) is 3.55. The zero-order valence-corrected chi connectivity index (χ0v) is 10.9. The molecule has 0 aliphatic carbocycles. The molecular formula is C12H13N3O2S. The molecule has 0 saturated heterocycles. The van der Waals surface area contributed by atoms with Crippen molar-refractivity contribution in [1.82, 2.24) is 14.8 Å². The number of carbonyl (C=O) groups is 1. The minimum atomic E-state index is -0.861. The molecule has 0 amide bonds. The molecule has 0 aliphatic heterocycles. The fourth-order valence-electron chi connectivity index (χ4n) is 1.63. The minimum absolute atomic E-state index is 0.0141. The van der Waals surface area contributed by atoms with Crippen molar-refractivity contribution < 1.29 is 9.90 Å². The maximum atomic E-state index is 10.5. The van der Waals surface area contributed by atoms with E-state index in [4.69, 9.17) is 5.11 Å². The van der Waals surface area contributed by atoms with Crippen LogP contribution >= 0.6 is 11.8 Å². The number of hydrogen-bond donors (Lipinski definition) is 1. The van der Waals surface area contributed by atoms with Crippen molar-refractivity contribution in [3.8, 4) is 11.4 Å². The van der Waals surface area contributed by atoms with Gasteiger partial charge in [0.15, 0.2) is 11.0 Å².